The van der Waals surface area contributed by atoms with Gasteiger partial charge in [-0.2, -0.15) is 0 Å². The van der Waals surface area contributed by atoms with Crippen LogP contribution in [0.3, 0.4) is 0 Å². The molecule has 1 amide bonds. The zero-order chi connectivity index (χ0) is 16.5. The van der Waals surface area contributed by atoms with Crippen LogP contribution in [0.1, 0.15) is 42.9 Å². The van der Waals surface area contributed by atoms with Crippen LogP contribution in [0, 0.1) is 5.92 Å². The molecule has 2 aromatic heterocycles. The third kappa shape index (κ3) is 2.94. The van der Waals surface area contributed by atoms with E-state index in [9.17, 15) is 4.79 Å². The number of rotatable bonds is 5. The smallest absolute Gasteiger partial charge is 0.226 e. The first-order valence-electron chi connectivity index (χ1n) is 8.55. The minimum atomic E-state index is 0.0407. The summed E-state index contributed by atoms with van der Waals surface area (Å²) in [7, 11) is 0. The summed E-state index contributed by atoms with van der Waals surface area (Å²) in [5.74, 6) is 1.53. The van der Waals surface area contributed by atoms with Crippen LogP contribution >= 0.6 is 0 Å². The van der Waals surface area contributed by atoms with E-state index in [-0.39, 0.29) is 12.0 Å². The first-order valence-corrected chi connectivity index (χ1v) is 8.55. The molecule has 24 heavy (non-hydrogen) atoms. The fraction of sp³-hybridized carbons (Fsp3) is 0.500. The molecule has 1 fully saturated rings. The van der Waals surface area contributed by atoms with Gasteiger partial charge in [-0.3, -0.25) is 9.78 Å². The predicted molar refractivity (Wildman–Crippen MR) is 87.8 cm³/mol. The number of carbonyl (C=O) groups is 1. The Morgan fingerprint density at radius 2 is 2.17 bits per heavy atom. The lowest BCUT2D eigenvalue weighted by Crippen LogP contribution is -2.42. The molecule has 1 aliphatic heterocycles. The second-order valence-corrected chi connectivity index (χ2v) is 6.60. The maximum Gasteiger partial charge on any atom is 0.226 e. The molecule has 1 saturated carbocycles. The van der Waals surface area contributed by atoms with Crippen molar-refractivity contribution in [2.24, 2.45) is 5.92 Å². The molecule has 2 aliphatic rings. The number of ether oxygens (including phenoxy) is 1. The van der Waals surface area contributed by atoms with Crippen molar-refractivity contribution in [3.63, 3.8) is 0 Å². The van der Waals surface area contributed by atoms with Crippen molar-refractivity contribution >= 4 is 5.91 Å². The maximum absolute atomic E-state index is 12.4. The summed E-state index contributed by atoms with van der Waals surface area (Å²) in [6.45, 7) is 4.68. The van der Waals surface area contributed by atoms with Crippen molar-refractivity contribution in [3.8, 4) is 0 Å². The predicted octanol–water partition coefficient (Wildman–Crippen LogP) is 2.31. The number of aromatic nitrogens is 3. The number of hydrogen-bond donors (Lipinski definition) is 0. The molecule has 0 spiro atoms. The number of hydrogen-bond acceptors (Lipinski definition) is 4. The Hall–Kier alpha value is -2.21. The van der Waals surface area contributed by atoms with Crippen LogP contribution in [0.2, 0.25) is 0 Å². The number of nitrogens with zero attached hydrogens (tertiary/aromatic N) is 4. The second kappa shape index (κ2) is 6.36. The molecule has 1 aliphatic carbocycles. The van der Waals surface area contributed by atoms with Gasteiger partial charge in [-0.05, 0) is 31.4 Å². The number of amides is 1. The quantitative estimate of drug-likeness (QED) is 0.846. The molecule has 6 nitrogen and oxygen atoms in total. The average Bonchev–Trinajstić information content (AvgIpc) is 3.37. The second-order valence-electron chi connectivity index (χ2n) is 6.60. The molecule has 6 heteroatoms. The summed E-state index contributed by atoms with van der Waals surface area (Å²) in [6, 6.07) is 3.95. The van der Waals surface area contributed by atoms with Crippen molar-refractivity contribution in [1.82, 2.24) is 19.4 Å². The van der Waals surface area contributed by atoms with E-state index >= 15 is 0 Å². The lowest BCUT2D eigenvalue weighted by molar-refractivity contribution is -0.135. The van der Waals surface area contributed by atoms with Crippen LogP contribution < -0.4 is 0 Å². The molecule has 0 saturated heterocycles. The number of carbonyl (C=O) groups excluding carboxylic acids is 1. The van der Waals surface area contributed by atoms with Crippen LogP contribution in [0.5, 0.6) is 0 Å². The van der Waals surface area contributed by atoms with E-state index in [1.807, 2.05) is 29.4 Å². The summed E-state index contributed by atoms with van der Waals surface area (Å²) in [5, 5.41) is 0. The molecule has 0 aromatic carbocycles. The summed E-state index contributed by atoms with van der Waals surface area (Å²) in [6.07, 6.45) is 7.54. The Labute approximate surface area is 141 Å². The van der Waals surface area contributed by atoms with Gasteiger partial charge in [0, 0.05) is 31.4 Å². The number of pyridine rings is 1. The fourth-order valence-corrected chi connectivity index (χ4v) is 3.30. The fourth-order valence-electron chi connectivity index (χ4n) is 3.30. The zero-order valence-electron chi connectivity index (χ0n) is 13.9. The van der Waals surface area contributed by atoms with E-state index < -0.39 is 0 Å². The highest BCUT2D eigenvalue weighted by atomic mass is 16.5. The van der Waals surface area contributed by atoms with Gasteiger partial charge in [0.25, 0.3) is 0 Å². The van der Waals surface area contributed by atoms with Crippen LogP contribution in [-0.2, 0) is 29.3 Å². The molecular formula is C18H22N4O2. The Balaban J connectivity index is 1.41. The third-order valence-electron chi connectivity index (χ3n) is 4.83. The van der Waals surface area contributed by atoms with Crippen LogP contribution in [0.15, 0.2) is 30.7 Å². The van der Waals surface area contributed by atoms with Gasteiger partial charge >= 0.3 is 0 Å². The highest BCUT2D eigenvalue weighted by Gasteiger charge is 2.38. The summed E-state index contributed by atoms with van der Waals surface area (Å²) in [5.41, 5.74) is 2.13. The van der Waals surface area contributed by atoms with Crippen molar-refractivity contribution < 1.29 is 9.53 Å². The SMILES string of the molecule is CC1c2ncc(COCc3cccnc3)n2CCN1C(=O)C1CC1. The van der Waals surface area contributed by atoms with E-state index in [0.29, 0.717) is 19.1 Å². The molecule has 126 valence electrons. The standard InChI is InChI=1S/C18H22N4O2/c1-13-17-20-10-16(12-24-11-14-3-2-6-19-9-14)22(17)8-7-21(13)18(23)15-4-5-15/h2-3,6,9-10,13,15H,4-5,7-8,11-12H2,1H3. The van der Waals surface area contributed by atoms with Gasteiger partial charge in [0.1, 0.15) is 5.82 Å². The Morgan fingerprint density at radius 1 is 1.29 bits per heavy atom. The Morgan fingerprint density at radius 3 is 2.92 bits per heavy atom. The van der Waals surface area contributed by atoms with E-state index in [0.717, 1.165) is 43.0 Å². The minimum absolute atomic E-state index is 0.0407. The maximum atomic E-state index is 12.4. The number of imidazole rings is 1. The highest BCUT2D eigenvalue weighted by molar-refractivity contribution is 5.81. The van der Waals surface area contributed by atoms with Gasteiger partial charge in [0.15, 0.2) is 0 Å². The van der Waals surface area contributed by atoms with E-state index in [2.05, 4.69) is 21.5 Å². The van der Waals surface area contributed by atoms with Crippen LogP contribution in [0.4, 0.5) is 0 Å². The molecule has 0 radical (unpaired) electrons. The highest BCUT2D eigenvalue weighted by Crippen LogP contribution is 2.35. The summed E-state index contributed by atoms with van der Waals surface area (Å²) >= 11 is 0. The van der Waals surface area contributed by atoms with Crippen LogP contribution in [-0.4, -0.2) is 31.9 Å². The molecular weight excluding hydrogens is 304 g/mol. The molecule has 1 atom stereocenters. The third-order valence-corrected chi connectivity index (χ3v) is 4.83. The number of fused-ring (bicyclic) bond motifs is 1. The van der Waals surface area contributed by atoms with Gasteiger partial charge in [0.2, 0.25) is 5.91 Å². The molecule has 0 bridgehead atoms. The minimum Gasteiger partial charge on any atom is -0.370 e. The topological polar surface area (TPSA) is 60.3 Å². The molecule has 3 heterocycles. The van der Waals surface area contributed by atoms with Gasteiger partial charge < -0.3 is 14.2 Å². The van der Waals surface area contributed by atoms with Crippen LogP contribution in [0.25, 0.3) is 0 Å². The van der Waals surface area contributed by atoms with E-state index in [4.69, 9.17) is 4.74 Å². The van der Waals surface area contributed by atoms with Crippen molar-refractivity contribution in [3.05, 3.63) is 47.8 Å². The average molecular weight is 326 g/mol. The van der Waals surface area contributed by atoms with Gasteiger partial charge in [0.05, 0.1) is 31.1 Å². The monoisotopic (exact) mass is 326 g/mol. The van der Waals surface area contributed by atoms with Gasteiger partial charge in [-0.15, -0.1) is 0 Å². The van der Waals surface area contributed by atoms with Crippen molar-refractivity contribution in [1.29, 1.82) is 0 Å². The molecule has 1 unspecified atom stereocenters. The van der Waals surface area contributed by atoms with E-state index in [1.165, 1.54) is 0 Å². The van der Waals surface area contributed by atoms with Crippen molar-refractivity contribution in [2.45, 2.75) is 45.6 Å². The lowest BCUT2D eigenvalue weighted by Gasteiger charge is -2.34. The lowest BCUT2D eigenvalue weighted by atomic mass is 10.2. The normalized spacial score (nSPS) is 20.0. The first-order chi connectivity index (χ1) is 11.7. The van der Waals surface area contributed by atoms with Gasteiger partial charge in [-0.25, -0.2) is 4.98 Å². The summed E-state index contributed by atoms with van der Waals surface area (Å²) < 4.78 is 8.01. The van der Waals surface area contributed by atoms with E-state index in [1.54, 1.807) is 6.20 Å². The molecule has 0 N–H and O–H groups in total. The summed E-state index contributed by atoms with van der Waals surface area (Å²) in [4.78, 5) is 23.0. The van der Waals surface area contributed by atoms with Gasteiger partial charge in [-0.1, -0.05) is 6.07 Å². The Bertz CT molecular complexity index is 724. The first kappa shape index (κ1) is 15.3. The molecule has 4 rings (SSSR count). The van der Waals surface area contributed by atoms with Crippen molar-refractivity contribution in [2.75, 3.05) is 6.54 Å². The molecule has 2 aromatic rings. The largest absolute Gasteiger partial charge is 0.370 e. The Kier molecular flexibility index (Phi) is 4.06. The zero-order valence-corrected chi connectivity index (χ0v) is 13.9.